The Kier molecular flexibility index (Phi) is 8.52. The van der Waals surface area contributed by atoms with Crippen molar-refractivity contribution in [2.24, 2.45) is 5.10 Å². The Morgan fingerprint density at radius 1 is 1.03 bits per heavy atom. The van der Waals surface area contributed by atoms with Gasteiger partial charge in [-0.2, -0.15) is 18.3 Å². The van der Waals surface area contributed by atoms with Crippen molar-refractivity contribution in [1.29, 1.82) is 0 Å². The summed E-state index contributed by atoms with van der Waals surface area (Å²) in [5.41, 5.74) is 1.28. The van der Waals surface area contributed by atoms with Gasteiger partial charge in [-0.25, -0.2) is 5.43 Å². The van der Waals surface area contributed by atoms with Crippen molar-refractivity contribution in [3.8, 4) is 5.75 Å². The lowest BCUT2D eigenvalue weighted by Crippen LogP contribution is -2.37. The summed E-state index contributed by atoms with van der Waals surface area (Å²) in [5.74, 6) is -2.28. The predicted octanol–water partition coefficient (Wildman–Crippen LogP) is 2.48. The maximum absolute atomic E-state index is 13.0. The molecule has 0 aliphatic heterocycles. The van der Waals surface area contributed by atoms with Crippen molar-refractivity contribution in [2.75, 3.05) is 18.5 Å². The zero-order valence-electron chi connectivity index (χ0n) is 16.6. The number of hydrazone groups is 1. The lowest BCUT2D eigenvalue weighted by molar-refractivity contribution is -0.139. The Labute approximate surface area is 181 Å². The lowest BCUT2D eigenvalue weighted by atomic mass is 10.1. The molecule has 0 aromatic heterocycles. The van der Waals surface area contributed by atoms with Gasteiger partial charge in [0.25, 0.3) is 5.91 Å². The molecular formula is C21H19F3N4O4. The molecule has 0 aliphatic carbocycles. The van der Waals surface area contributed by atoms with Gasteiger partial charge in [-0.1, -0.05) is 18.2 Å². The highest BCUT2D eigenvalue weighted by molar-refractivity contribution is 6.35. The van der Waals surface area contributed by atoms with Gasteiger partial charge in [0.15, 0.2) is 6.61 Å². The quantitative estimate of drug-likeness (QED) is 0.250. The molecule has 2 aromatic rings. The molecule has 32 heavy (non-hydrogen) atoms. The molecule has 0 bridgehead atoms. The van der Waals surface area contributed by atoms with Gasteiger partial charge >= 0.3 is 18.0 Å². The second-order valence-corrected chi connectivity index (χ2v) is 6.15. The number of hydrogen-bond acceptors (Lipinski definition) is 5. The van der Waals surface area contributed by atoms with Crippen LogP contribution < -0.4 is 20.8 Å². The first-order valence-electron chi connectivity index (χ1n) is 9.11. The minimum atomic E-state index is -4.60. The summed E-state index contributed by atoms with van der Waals surface area (Å²) in [6.45, 7) is 3.04. The van der Waals surface area contributed by atoms with Crippen LogP contribution >= 0.6 is 0 Å². The van der Waals surface area contributed by atoms with Crippen LogP contribution in [0.2, 0.25) is 0 Å². The molecule has 3 amide bonds. The van der Waals surface area contributed by atoms with E-state index in [-0.39, 0.29) is 18.0 Å². The average Bonchev–Trinajstić information content (AvgIpc) is 2.76. The van der Waals surface area contributed by atoms with E-state index in [1.54, 1.807) is 12.1 Å². The van der Waals surface area contributed by atoms with E-state index in [0.717, 1.165) is 12.1 Å². The number of para-hydroxylation sites is 1. The van der Waals surface area contributed by atoms with Crippen molar-refractivity contribution < 1.29 is 32.3 Å². The number of ether oxygens (including phenoxy) is 1. The van der Waals surface area contributed by atoms with E-state index >= 15 is 0 Å². The van der Waals surface area contributed by atoms with Crippen LogP contribution in [0.5, 0.6) is 5.75 Å². The summed E-state index contributed by atoms with van der Waals surface area (Å²) in [4.78, 5) is 34.8. The number of halogens is 3. The molecule has 2 rings (SSSR count). The Hall–Kier alpha value is -4.15. The van der Waals surface area contributed by atoms with E-state index in [1.807, 2.05) is 0 Å². The lowest BCUT2D eigenvalue weighted by Gasteiger charge is -2.13. The fourth-order valence-electron chi connectivity index (χ4n) is 2.29. The number of hydrogen-bond donors (Lipinski definition) is 3. The summed E-state index contributed by atoms with van der Waals surface area (Å²) >= 11 is 0. The van der Waals surface area contributed by atoms with Gasteiger partial charge in [-0.05, 0) is 42.0 Å². The molecule has 0 fully saturated rings. The molecule has 11 heteroatoms. The molecule has 0 radical (unpaired) electrons. The van der Waals surface area contributed by atoms with E-state index in [4.69, 9.17) is 4.74 Å². The summed E-state index contributed by atoms with van der Waals surface area (Å²) in [6.07, 6.45) is -1.90. The van der Waals surface area contributed by atoms with Crippen molar-refractivity contribution in [1.82, 2.24) is 10.7 Å². The molecule has 0 unspecified atom stereocenters. The number of amides is 3. The van der Waals surface area contributed by atoms with Gasteiger partial charge in [0.05, 0.1) is 17.5 Å². The summed E-state index contributed by atoms with van der Waals surface area (Å²) in [5, 5.41) is 8.11. The number of rotatable bonds is 8. The highest BCUT2D eigenvalue weighted by Gasteiger charge is 2.33. The van der Waals surface area contributed by atoms with E-state index in [9.17, 15) is 27.6 Å². The zero-order valence-corrected chi connectivity index (χ0v) is 16.6. The maximum atomic E-state index is 13.0. The molecule has 0 spiro atoms. The molecule has 0 heterocycles. The fraction of sp³-hybridized carbons (Fsp3) is 0.143. The third-order valence-electron chi connectivity index (χ3n) is 3.75. The monoisotopic (exact) mass is 448 g/mol. The highest BCUT2D eigenvalue weighted by atomic mass is 19.4. The number of benzene rings is 2. The summed E-state index contributed by atoms with van der Waals surface area (Å²) in [7, 11) is 0. The Morgan fingerprint density at radius 3 is 2.38 bits per heavy atom. The molecule has 2 aromatic carbocycles. The number of anilines is 1. The van der Waals surface area contributed by atoms with Gasteiger partial charge < -0.3 is 15.4 Å². The van der Waals surface area contributed by atoms with Crippen LogP contribution in [0.3, 0.4) is 0 Å². The van der Waals surface area contributed by atoms with Gasteiger partial charge in [-0.15, -0.1) is 6.58 Å². The van der Waals surface area contributed by atoms with Crippen LogP contribution in [0.25, 0.3) is 0 Å². The zero-order chi connectivity index (χ0) is 23.6. The molecule has 0 aliphatic rings. The van der Waals surface area contributed by atoms with Gasteiger partial charge in [0.2, 0.25) is 0 Å². The van der Waals surface area contributed by atoms with Gasteiger partial charge in [0, 0.05) is 6.54 Å². The minimum Gasteiger partial charge on any atom is -0.484 e. The Balaban J connectivity index is 1.84. The molecule has 0 atom stereocenters. The minimum absolute atomic E-state index is 0.143. The standard InChI is InChI=1S/C21H19F3N4O4/c1-2-11-25-19(30)20(31)28-26-12-14-7-9-15(10-8-14)32-13-18(29)27-17-6-4-3-5-16(17)21(22,23)24/h2-10,12H,1,11,13H2,(H,25,30)(H,27,29)(H,28,31)/b26-12-. The van der Waals surface area contributed by atoms with Crippen LogP contribution in [0, 0.1) is 0 Å². The normalized spacial score (nSPS) is 11.0. The summed E-state index contributed by atoms with van der Waals surface area (Å²) < 4.78 is 44.2. The number of nitrogens with zero attached hydrogens (tertiary/aromatic N) is 1. The number of carbonyl (C=O) groups is 3. The molecule has 168 valence electrons. The number of alkyl halides is 3. The first kappa shape index (κ1) is 24.1. The van der Waals surface area contributed by atoms with Gasteiger partial charge in [-0.3, -0.25) is 14.4 Å². The topological polar surface area (TPSA) is 109 Å². The highest BCUT2D eigenvalue weighted by Crippen LogP contribution is 2.34. The Bertz CT molecular complexity index is 1000. The first-order valence-corrected chi connectivity index (χ1v) is 9.11. The first-order chi connectivity index (χ1) is 15.2. The van der Waals surface area contributed by atoms with Gasteiger partial charge in [0.1, 0.15) is 5.75 Å². The largest absolute Gasteiger partial charge is 0.484 e. The summed E-state index contributed by atoms with van der Waals surface area (Å²) in [6, 6.07) is 10.7. The molecule has 0 saturated carbocycles. The van der Waals surface area contributed by atoms with E-state index in [0.29, 0.717) is 5.56 Å². The molecule has 3 N–H and O–H groups in total. The van der Waals surface area contributed by atoms with E-state index < -0.39 is 36.1 Å². The molecule has 0 saturated heterocycles. The molecule has 8 nitrogen and oxygen atoms in total. The average molecular weight is 448 g/mol. The predicted molar refractivity (Wildman–Crippen MR) is 111 cm³/mol. The van der Waals surface area contributed by atoms with Crippen molar-refractivity contribution in [2.45, 2.75) is 6.18 Å². The smallest absolute Gasteiger partial charge is 0.418 e. The third kappa shape index (κ3) is 7.59. The van der Waals surface area contributed by atoms with E-state index in [2.05, 4.69) is 27.7 Å². The van der Waals surface area contributed by atoms with Crippen LogP contribution in [-0.2, 0) is 20.6 Å². The van der Waals surface area contributed by atoms with E-state index in [1.165, 1.54) is 36.6 Å². The van der Waals surface area contributed by atoms with Crippen molar-refractivity contribution in [3.05, 3.63) is 72.3 Å². The van der Waals surface area contributed by atoms with Crippen LogP contribution in [-0.4, -0.2) is 37.1 Å². The number of carbonyl (C=O) groups excluding carboxylic acids is 3. The third-order valence-corrected chi connectivity index (χ3v) is 3.75. The van der Waals surface area contributed by atoms with Crippen LogP contribution in [0.1, 0.15) is 11.1 Å². The van der Waals surface area contributed by atoms with Crippen molar-refractivity contribution in [3.63, 3.8) is 0 Å². The number of nitrogens with one attached hydrogen (secondary N) is 3. The fourth-order valence-corrected chi connectivity index (χ4v) is 2.29. The molecular weight excluding hydrogens is 429 g/mol. The van der Waals surface area contributed by atoms with Crippen LogP contribution in [0.15, 0.2) is 66.3 Å². The second kappa shape index (κ2) is 11.3. The SMILES string of the molecule is C=CCNC(=O)C(=O)N/N=C\c1ccc(OCC(=O)Nc2ccccc2C(F)(F)F)cc1. The Morgan fingerprint density at radius 2 is 1.72 bits per heavy atom. The van der Waals surface area contributed by atoms with Crippen LogP contribution in [0.4, 0.5) is 18.9 Å². The van der Waals surface area contributed by atoms with Crippen molar-refractivity contribution >= 4 is 29.6 Å². The second-order valence-electron chi connectivity index (χ2n) is 6.15. The maximum Gasteiger partial charge on any atom is 0.418 e.